The Morgan fingerprint density at radius 3 is 2.52 bits per heavy atom. The van der Waals surface area contributed by atoms with Crippen LogP contribution in [0.25, 0.3) is 0 Å². The van der Waals surface area contributed by atoms with Crippen LogP contribution >= 0.6 is 15.9 Å². The molecule has 0 fully saturated rings. The van der Waals surface area contributed by atoms with Crippen LogP contribution in [0.2, 0.25) is 0 Å². The first-order valence-corrected chi connectivity index (χ1v) is 7.32. The quantitative estimate of drug-likeness (QED) is 0.852. The lowest BCUT2D eigenvalue weighted by Crippen LogP contribution is -2.25. The van der Waals surface area contributed by atoms with Crippen molar-refractivity contribution in [2.45, 2.75) is 13.0 Å². The summed E-state index contributed by atoms with van der Waals surface area (Å²) in [4.78, 5) is 12.7. The summed E-state index contributed by atoms with van der Waals surface area (Å²) in [7, 11) is 0. The minimum Gasteiger partial charge on any atom is -0.481 e. The largest absolute Gasteiger partial charge is 0.481 e. The fourth-order valence-electron chi connectivity index (χ4n) is 2.05. The van der Waals surface area contributed by atoms with E-state index < -0.39 is 5.97 Å². The van der Waals surface area contributed by atoms with E-state index in [1.54, 1.807) is 6.07 Å². The molecule has 3 nitrogen and oxygen atoms in total. The Kier molecular flexibility index (Phi) is 5.33. The number of hydrogen-bond donors (Lipinski definition) is 1. The number of nitrogens with zero attached hydrogens (tertiary/aromatic N) is 1. The summed E-state index contributed by atoms with van der Waals surface area (Å²) >= 11 is 3.24. The summed E-state index contributed by atoms with van der Waals surface area (Å²) in [6.45, 7) is 0.804. The number of carboxylic acid groups (broad SMARTS) is 1. The highest BCUT2D eigenvalue weighted by molar-refractivity contribution is 9.10. The average Bonchev–Trinajstić information content (AvgIpc) is 2.48. The first-order valence-electron chi connectivity index (χ1n) is 6.52. The molecule has 0 amide bonds. The number of hydrogen-bond acceptors (Lipinski definition) is 2. The van der Waals surface area contributed by atoms with Gasteiger partial charge < -0.3 is 10.0 Å². The number of rotatable bonds is 6. The van der Waals surface area contributed by atoms with Gasteiger partial charge in [-0.25, -0.2) is 4.39 Å². The van der Waals surface area contributed by atoms with Crippen molar-refractivity contribution in [3.05, 3.63) is 64.4 Å². The van der Waals surface area contributed by atoms with Crippen molar-refractivity contribution in [1.29, 1.82) is 0 Å². The van der Waals surface area contributed by atoms with Crippen LogP contribution in [0.3, 0.4) is 0 Å². The molecule has 0 aliphatic rings. The molecule has 0 spiro atoms. The molecule has 21 heavy (non-hydrogen) atoms. The van der Waals surface area contributed by atoms with Gasteiger partial charge in [0.25, 0.3) is 0 Å². The minimum atomic E-state index is -0.853. The van der Waals surface area contributed by atoms with Crippen molar-refractivity contribution < 1.29 is 14.3 Å². The van der Waals surface area contributed by atoms with E-state index in [1.165, 1.54) is 6.07 Å². The normalized spacial score (nSPS) is 10.4. The molecular formula is C16H15BrFNO2. The Morgan fingerprint density at radius 2 is 1.86 bits per heavy atom. The molecule has 0 bridgehead atoms. The Balaban J connectivity index is 2.23. The van der Waals surface area contributed by atoms with Crippen LogP contribution in [0.15, 0.2) is 53.0 Å². The molecule has 0 saturated heterocycles. The predicted molar refractivity (Wildman–Crippen MR) is 83.8 cm³/mol. The molecule has 0 unspecified atom stereocenters. The first kappa shape index (κ1) is 15.5. The van der Waals surface area contributed by atoms with Gasteiger partial charge in [0.15, 0.2) is 0 Å². The number of carboxylic acids is 1. The van der Waals surface area contributed by atoms with E-state index in [9.17, 15) is 9.18 Å². The van der Waals surface area contributed by atoms with E-state index in [0.717, 1.165) is 11.3 Å². The van der Waals surface area contributed by atoms with E-state index in [4.69, 9.17) is 5.11 Å². The van der Waals surface area contributed by atoms with Crippen LogP contribution in [0, 0.1) is 5.82 Å². The van der Waals surface area contributed by atoms with Crippen molar-refractivity contribution in [2.75, 3.05) is 11.4 Å². The maximum Gasteiger partial charge on any atom is 0.305 e. The summed E-state index contributed by atoms with van der Waals surface area (Å²) in [5.74, 6) is -1.17. The number of halogens is 2. The fourth-order valence-corrected chi connectivity index (χ4v) is 2.43. The van der Waals surface area contributed by atoms with Gasteiger partial charge in [-0.15, -0.1) is 0 Å². The van der Waals surface area contributed by atoms with Crippen molar-refractivity contribution in [1.82, 2.24) is 0 Å². The number of anilines is 1. The van der Waals surface area contributed by atoms with Crippen LogP contribution in [-0.2, 0) is 11.3 Å². The van der Waals surface area contributed by atoms with Gasteiger partial charge in [-0.1, -0.05) is 30.3 Å². The second-order valence-electron chi connectivity index (χ2n) is 4.61. The maximum absolute atomic E-state index is 13.6. The Morgan fingerprint density at radius 1 is 1.14 bits per heavy atom. The molecule has 0 atom stereocenters. The van der Waals surface area contributed by atoms with E-state index in [1.807, 2.05) is 41.3 Å². The standard InChI is InChI=1S/C16H15BrFNO2/c17-16-12(5-4-8-14(16)18)11-19(10-9-15(20)21)13-6-2-1-3-7-13/h1-8H,9-11H2,(H,20,21). The van der Waals surface area contributed by atoms with Crippen LogP contribution in [0.5, 0.6) is 0 Å². The third-order valence-corrected chi connectivity index (χ3v) is 4.00. The van der Waals surface area contributed by atoms with Gasteiger partial charge in [-0.3, -0.25) is 4.79 Å². The molecule has 2 aromatic carbocycles. The van der Waals surface area contributed by atoms with Crippen molar-refractivity contribution in [2.24, 2.45) is 0 Å². The minimum absolute atomic E-state index is 0.0296. The van der Waals surface area contributed by atoms with Crippen molar-refractivity contribution in [3.8, 4) is 0 Å². The van der Waals surface area contributed by atoms with E-state index in [-0.39, 0.29) is 12.2 Å². The molecule has 2 rings (SSSR count). The van der Waals surface area contributed by atoms with Crippen LogP contribution < -0.4 is 4.90 Å². The molecule has 0 aromatic heterocycles. The number of para-hydroxylation sites is 1. The van der Waals surface area contributed by atoms with Gasteiger partial charge in [0.2, 0.25) is 0 Å². The zero-order chi connectivity index (χ0) is 15.2. The van der Waals surface area contributed by atoms with E-state index >= 15 is 0 Å². The highest BCUT2D eigenvalue weighted by atomic mass is 79.9. The lowest BCUT2D eigenvalue weighted by Gasteiger charge is -2.25. The molecule has 0 heterocycles. The Hall–Kier alpha value is -1.88. The zero-order valence-corrected chi connectivity index (χ0v) is 12.9. The van der Waals surface area contributed by atoms with E-state index in [2.05, 4.69) is 15.9 Å². The summed E-state index contributed by atoms with van der Waals surface area (Å²) in [5.41, 5.74) is 1.69. The van der Waals surface area contributed by atoms with Crippen LogP contribution in [-0.4, -0.2) is 17.6 Å². The van der Waals surface area contributed by atoms with Gasteiger partial charge in [0, 0.05) is 18.8 Å². The third-order valence-electron chi connectivity index (χ3n) is 3.11. The Bertz CT molecular complexity index is 619. The third kappa shape index (κ3) is 4.29. The van der Waals surface area contributed by atoms with Crippen molar-refractivity contribution >= 4 is 27.6 Å². The fraction of sp³-hybridized carbons (Fsp3) is 0.188. The molecule has 0 radical (unpaired) electrons. The maximum atomic E-state index is 13.6. The molecule has 0 saturated carbocycles. The topological polar surface area (TPSA) is 40.5 Å². The van der Waals surface area contributed by atoms with Gasteiger partial charge >= 0.3 is 5.97 Å². The highest BCUT2D eigenvalue weighted by Gasteiger charge is 2.12. The summed E-state index contributed by atoms with van der Waals surface area (Å²) in [6.07, 6.45) is 0.0296. The lowest BCUT2D eigenvalue weighted by molar-refractivity contribution is -0.136. The monoisotopic (exact) mass is 351 g/mol. The molecule has 1 N–H and O–H groups in total. The van der Waals surface area contributed by atoms with Crippen molar-refractivity contribution in [3.63, 3.8) is 0 Å². The summed E-state index contributed by atoms with van der Waals surface area (Å²) in [5, 5.41) is 8.88. The predicted octanol–water partition coefficient (Wildman–Crippen LogP) is 4.07. The second-order valence-corrected chi connectivity index (χ2v) is 5.41. The molecule has 2 aromatic rings. The summed E-state index contributed by atoms with van der Waals surface area (Å²) in [6, 6.07) is 14.4. The first-order chi connectivity index (χ1) is 10.1. The number of aliphatic carboxylic acids is 1. The summed E-state index contributed by atoms with van der Waals surface area (Å²) < 4.78 is 14.0. The molecule has 110 valence electrons. The molecule has 0 aliphatic heterocycles. The van der Waals surface area contributed by atoms with Crippen LogP contribution in [0.1, 0.15) is 12.0 Å². The highest BCUT2D eigenvalue weighted by Crippen LogP contribution is 2.24. The average molecular weight is 352 g/mol. The van der Waals surface area contributed by atoms with Gasteiger partial charge in [-0.05, 0) is 39.7 Å². The lowest BCUT2D eigenvalue weighted by atomic mass is 10.2. The molecule has 0 aliphatic carbocycles. The van der Waals surface area contributed by atoms with Gasteiger partial charge in [0.05, 0.1) is 10.9 Å². The molecular weight excluding hydrogens is 337 g/mol. The smallest absolute Gasteiger partial charge is 0.305 e. The number of carbonyl (C=O) groups is 1. The number of benzene rings is 2. The second kappa shape index (κ2) is 7.22. The Labute approximate surface area is 131 Å². The van der Waals surface area contributed by atoms with Gasteiger partial charge in [-0.2, -0.15) is 0 Å². The zero-order valence-electron chi connectivity index (χ0n) is 11.3. The van der Waals surface area contributed by atoms with E-state index in [0.29, 0.717) is 17.6 Å². The SMILES string of the molecule is O=C(O)CCN(Cc1cccc(F)c1Br)c1ccccc1. The van der Waals surface area contributed by atoms with Crippen LogP contribution in [0.4, 0.5) is 10.1 Å². The van der Waals surface area contributed by atoms with Gasteiger partial charge in [0.1, 0.15) is 5.82 Å². The molecule has 5 heteroatoms.